The summed E-state index contributed by atoms with van der Waals surface area (Å²) in [6, 6.07) is 3.71. The summed E-state index contributed by atoms with van der Waals surface area (Å²) in [6.07, 6.45) is 5.08. The molecule has 0 spiro atoms. The maximum atomic E-state index is 11.4. The Morgan fingerprint density at radius 1 is 1.39 bits per heavy atom. The summed E-state index contributed by atoms with van der Waals surface area (Å²) in [6.45, 7) is 1.31. The van der Waals surface area contributed by atoms with Crippen molar-refractivity contribution in [3.05, 3.63) is 30.2 Å². The third-order valence-electron chi connectivity index (χ3n) is 2.91. The molecule has 1 aliphatic heterocycles. The average molecular weight is 240 g/mol. The zero-order valence-corrected chi connectivity index (χ0v) is 9.83. The van der Waals surface area contributed by atoms with Crippen molar-refractivity contribution in [2.24, 2.45) is 0 Å². The Labute approximate surface area is 104 Å². The number of rotatable bonds is 1. The van der Waals surface area contributed by atoms with Gasteiger partial charge in [0.05, 0.1) is 6.54 Å². The van der Waals surface area contributed by atoms with Gasteiger partial charge in [-0.25, -0.2) is 9.50 Å². The summed E-state index contributed by atoms with van der Waals surface area (Å²) in [7, 11) is 0. The van der Waals surface area contributed by atoms with E-state index in [4.69, 9.17) is 0 Å². The Bertz CT molecular complexity index is 650. The van der Waals surface area contributed by atoms with Crippen LogP contribution in [0.5, 0.6) is 0 Å². The molecule has 1 aliphatic rings. The van der Waals surface area contributed by atoms with Crippen molar-refractivity contribution in [2.45, 2.75) is 12.8 Å². The zero-order chi connectivity index (χ0) is 12.4. The minimum absolute atomic E-state index is 0.197. The zero-order valence-electron chi connectivity index (χ0n) is 9.83. The summed E-state index contributed by atoms with van der Waals surface area (Å²) >= 11 is 0. The van der Waals surface area contributed by atoms with E-state index in [1.807, 2.05) is 12.1 Å². The molecule has 1 fully saturated rings. The van der Waals surface area contributed by atoms with Crippen LogP contribution in [0.15, 0.2) is 24.5 Å². The lowest BCUT2D eigenvalue weighted by molar-refractivity contribution is -0.127. The van der Waals surface area contributed by atoms with Gasteiger partial charge in [0.25, 0.3) is 0 Å². The Kier molecular flexibility index (Phi) is 2.69. The Balaban J connectivity index is 1.73. The predicted octanol–water partition coefficient (Wildman–Crippen LogP) is 0.703. The van der Waals surface area contributed by atoms with Crippen LogP contribution in [0, 0.1) is 11.8 Å². The smallest absolute Gasteiger partial charge is 0.223 e. The van der Waals surface area contributed by atoms with Gasteiger partial charge in [0.15, 0.2) is 5.65 Å². The summed E-state index contributed by atoms with van der Waals surface area (Å²) < 4.78 is 1.69. The summed E-state index contributed by atoms with van der Waals surface area (Å²) in [5, 5.41) is 4.30. The molecule has 5 heteroatoms. The van der Waals surface area contributed by atoms with E-state index in [0.717, 1.165) is 18.6 Å². The molecule has 1 amide bonds. The van der Waals surface area contributed by atoms with Crippen LogP contribution in [0.4, 0.5) is 0 Å². The van der Waals surface area contributed by atoms with Crippen LogP contribution in [-0.2, 0) is 4.79 Å². The van der Waals surface area contributed by atoms with Gasteiger partial charge in [-0.3, -0.25) is 4.79 Å². The van der Waals surface area contributed by atoms with Crippen molar-refractivity contribution >= 4 is 11.6 Å². The molecule has 3 rings (SSSR count). The van der Waals surface area contributed by atoms with E-state index in [0.29, 0.717) is 18.7 Å². The monoisotopic (exact) mass is 240 g/mol. The first-order valence-electron chi connectivity index (χ1n) is 5.90. The number of carbonyl (C=O) groups excluding carboxylic acids is 1. The summed E-state index contributed by atoms with van der Waals surface area (Å²) in [5.41, 5.74) is 1.49. The molecule has 2 aromatic rings. The van der Waals surface area contributed by atoms with Gasteiger partial charge >= 0.3 is 0 Å². The van der Waals surface area contributed by atoms with Crippen LogP contribution < -0.4 is 0 Å². The van der Waals surface area contributed by atoms with Crippen LogP contribution in [0.1, 0.15) is 18.5 Å². The average Bonchev–Trinajstić information content (AvgIpc) is 2.98. The van der Waals surface area contributed by atoms with Gasteiger partial charge in [0, 0.05) is 25.4 Å². The van der Waals surface area contributed by atoms with Crippen LogP contribution in [-0.4, -0.2) is 38.5 Å². The molecule has 0 unspecified atom stereocenters. The van der Waals surface area contributed by atoms with Crippen molar-refractivity contribution in [3.8, 4) is 11.8 Å². The molecule has 0 bridgehead atoms. The first-order valence-corrected chi connectivity index (χ1v) is 5.90. The van der Waals surface area contributed by atoms with Crippen molar-refractivity contribution in [2.75, 3.05) is 13.1 Å². The topological polar surface area (TPSA) is 50.5 Å². The Hall–Kier alpha value is -2.35. The highest BCUT2D eigenvalue weighted by Crippen LogP contribution is 2.08. The lowest BCUT2D eigenvalue weighted by Gasteiger charge is -2.09. The molecule has 0 radical (unpaired) electrons. The molecular weight excluding hydrogens is 228 g/mol. The maximum absolute atomic E-state index is 11.4. The van der Waals surface area contributed by atoms with Gasteiger partial charge in [-0.2, -0.15) is 5.10 Å². The van der Waals surface area contributed by atoms with Crippen LogP contribution in [0.3, 0.4) is 0 Å². The molecule has 0 atom stereocenters. The standard InChI is InChI=1S/C13H12N4O/c18-13-4-2-9-16(13)8-1-3-11-5-6-12-14-7-10-17(12)15-11/h5-7,10H,2,4,8-9H2. The number of imidazole rings is 1. The van der Waals surface area contributed by atoms with E-state index in [1.54, 1.807) is 21.8 Å². The number of fused-ring (bicyclic) bond motifs is 1. The Morgan fingerprint density at radius 2 is 2.33 bits per heavy atom. The highest BCUT2D eigenvalue weighted by atomic mass is 16.2. The SMILES string of the molecule is O=C1CCCN1CC#Cc1ccc2nccn2n1. The quantitative estimate of drug-likeness (QED) is 0.690. The number of aromatic nitrogens is 3. The van der Waals surface area contributed by atoms with Crippen LogP contribution in [0.25, 0.3) is 5.65 Å². The normalized spacial score (nSPS) is 14.9. The second-order valence-corrected chi connectivity index (χ2v) is 4.17. The molecule has 2 aromatic heterocycles. The third-order valence-corrected chi connectivity index (χ3v) is 2.91. The number of nitrogens with zero attached hydrogens (tertiary/aromatic N) is 4. The molecule has 18 heavy (non-hydrogen) atoms. The molecular formula is C13H12N4O. The molecule has 90 valence electrons. The van der Waals surface area contributed by atoms with E-state index >= 15 is 0 Å². The van der Waals surface area contributed by atoms with Gasteiger partial charge in [-0.15, -0.1) is 0 Å². The van der Waals surface area contributed by atoms with Gasteiger partial charge < -0.3 is 4.90 Å². The number of hydrogen-bond donors (Lipinski definition) is 0. The molecule has 1 saturated heterocycles. The highest BCUT2D eigenvalue weighted by Gasteiger charge is 2.18. The lowest BCUT2D eigenvalue weighted by atomic mass is 10.4. The second-order valence-electron chi connectivity index (χ2n) is 4.17. The summed E-state index contributed by atoms with van der Waals surface area (Å²) in [4.78, 5) is 17.3. The number of likely N-dealkylation sites (tertiary alicyclic amines) is 1. The van der Waals surface area contributed by atoms with Crippen molar-refractivity contribution in [1.29, 1.82) is 0 Å². The molecule has 0 saturated carbocycles. The minimum atomic E-state index is 0.197. The fourth-order valence-corrected chi connectivity index (χ4v) is 1.98. The van der Waals surface area contributed by atoms with Crippen molar-refractivity contribution in [1.82, 2.24) is 19.5 Å². The molecule has 5 nitrogen and oxygen atoms in total. The van der Waals surface area contributed by atoms with Gasteiger partial charge in [-0.05, 0) is 24.5 Å². The van der Waals surface area contributed by atoms with Crippen LogP contribution >= 0.6 is 0 Å². The molecule has 0 aromatic carbocycles. The lowest BCUT2D eigenvalue weighted by Crippen LogP contribution is -2.24. The van der Waals surface area contributed by atoms with E-state index < -0.39 is 0 Å². The van der Waals surface area contributed by atoms with Gasteiger partial charge in [-0.1, -0.05) is 5.92 Å². The predicted molar refractivity (Wildman–Crippen MR) is 65.7 cm³/mol. The van der Waals surface area contributed by atoms with Crippen molar-refractivity contribution < 1.29 is 4.79 Å². The van der Waals surface area contributed by atoms with E-state index in [9.17, 15) is 4.79 Å². The first-order chi connectivity index (χ1) is 8.83. The highest BCUT2D eigenvalue weighted by molar-refractivity contribution is 5.78. The molecule has 0 N–H and O–H groups in total. The molecule has 0 aliphatic carbocycles. The fraction of sp³-hybridized carbons (Fsp3) is 0.308. The van der Waals surface area contributed by atoms with Gasteiger partial charge in [0.1, 0.15) is 5.69 Å². The van der Waals surface area contributed by atoms with E-state index in [2.05, 4.69) is 21.9 Å². The van der Waals surface area contributed by atoms with E-state index in [1.165, 1.54) is 0 Å². The third kappa shape index (κ3) is 2.05. The minimum Gasteiger partial charge on any atom is -0.332 e. The number of hydrogen-bond acceptors (Lipinski definition) is 3. The van der Waals surface area contributed by atoms with Crippen molar-refractivity contribution in [3.63, 3.8) is 0 Å². The van der Waals surface area contributed by atoms with Crippen LogP contribution in [0.2, 0.25) is 0 Å². The summed E-state index contributed by atoms with van der Waals surface area (Å²) in [5.74, 6) is 6.16. The largest absolute Gasteiger partial charge is 0.332 e. The molecule has 3 heterocycles. The Morgan fingerprint density at radius 3 is 3.17 bits per heavy atom. The number of amides is 1. The maximum Gasteiger partial charge on any atom is 0.223 e. The fourth-order valence-electron chi connectivity index (χ4n) is 1.98. The number of carbonyl (C=O) groups is 1. The van der Waals surface area contributed by atoms with Gasteiger partial charge in [0.2, 0.25) is 5.91 Å². The first kappa shape index (κ1) is 10.8. The van der Waals surface area contributed by atoms with E-state index in [-0.39, 0.29) is 5.91 Å². The second kappa shape index (κ2) is 4.49.